The Labute approximate surface area is 120 Å². The number of nitrogens with one attached hydrogen (secondary N) is 1. The summed E-state index contributed by atoms with van der Waals surface area (Å²) in [6.45, 7) is 1.95. The van der Waals surface area contributed by atoms with Crippen molar-refractivity contribution in [3.05, 3.63) is 46.0 Å². The fraction of sp³-hybridized carbons (Fsp3) is 0.167. The molecule has 0 radical (unpaired) electrons. The quantitative estimate of drug-likeness (QED) is 0.929. The minimum Gasteiger partial charge on any atom is -0.277 e. The first-order chi connectivity index (χ1) is 8.92. The second kappa shape index (κ2) is 5.48. The molecule has 1 aromatic carbocycles. The van der Waals surface area contributed by atoms with Crippen LogP contribution in [0.1, 0.15) is 11.8 Å². The number of thiophene rings is 1. The van der Waals surface area contributed by atoms with Gasteiger partial charge in [0, 0.05) is 4.88 Å². The maximum atomic E-state index is 12.9. The summed E-state index contributed by atoms with van der Waals surface area (Å²) in [6.07, 6.45) is 0.775. The summed E-state index contributed by atoms with van der Waals surface area (Å²) in [6, 6.07) is 6.82. The zero-order valence-electron chi connectivity index (χ0n) is 9.98. The summed E-state index contributed by atoms with van der Waals surface area (Å²) < 4.78 is 39.7. The summed E-state index contributed by atoms with van der Waals surface area (Å²) in [5.74, 6) is -0.516. The molecule has 0 aliphatic heterocycles. The number of benzene rings is 1. The van der Waals surface area contributed by atoms with E-state index in [2.05, 4.69) is 4.72 Å². The number of anilines is 1. The number of hydrogen-bond donors (Lipinski definition) is 1. The minimum absolute atomic E-state index is 0.0239. The first-order valence-corrected chi connectivity index (χ1v) is 8.16. The highest BCUT2D eigenvalue weighted by molar-refractivity contribution is 7.94. The van der Waals surface area contributed by atoms with Gasteiger partial charge in [-0.15, -0.1) is 11.3 Å². The SMILES string of the molecule is CCc1ccc(S(=O)(=O)Nc2ccc(F)cc2Cl)s1. The predicted molar refractivity (Wildman–Crippen MR) is 75.9 cm³/mol. The highest BCUT2D eigenvalue weighted by Gasteiger charge is 2.18. The van der Waals surface area contributed by atoms with E-state index >= 15 is 0 Å². The summed E-state index contributed by atoms with van der Waals surface area (Å²) in [5.41, 5.74) is 0.162. The molecule has 2 rings (SSSR count). The van der Waals surface area contributed by atoms with Gasteiger partial charge in [-0.3, -0.25) is 4.72 Å². The highest BCUT2D eigenvalue weighted by atomic mass is 35.5. The molecule has 1 N–H and O–H groups in total. The van der Waals surface area contributed by atoms with Gasteiger partial charge in [-0.25, -0.2) is 12.8 Å². The first-order valence-electron chi connectivity index (χ1n) is 5.49. The van der Waals surface area contributed by atoms with Crippen LogP contribution in [0.5, 0.6) is 0 Å². The van der Waals surface area contributed by atoms with Gasteiger partial charge in [0.2, 0.25) is 0 Å². The standard InChI is InChI=1S/C12H11ClFNO2S2/c1-2-9-4-6-12(18-9)19(16,17)15-11-5-3-8(14)7-10(11)13/h3-7,15H,2H2,1H3. The van der Waals surface area contributed by atoms with Crippen molar-refractivity contribution in [1.82, 2.24) is 0 Å². The van der Waals surface area contributed by atoms with E-state index in [4.69, 9.17) is 11.6 Å². The smallest absolute Gasteiger partial charge is 0.271 e. The number of aryl methyl sites for hydroxylation is 1. The Morgan fingerprint density at radius 1 is 1.32 bits per heavy atom. The minimum atomic E-state index is -3.68. The van der Waals surface area contributed by atoms with Gasteiger partial charge in [0.1, 0.15) is 10.0 Å². The van der Waals surface area contributed by atoms with Crippen LogP contribution in [0, 0.1) is 5.82 Å². The van der Waals surface area contributed by atoms with Crippen molar-refractivity contribution in [2.75, 3.05) is 4.72 Å². The monoisotopic (exact) mass is 319 g/mol. The lowest BCUT2D eigenvalue weighted by atomic mass is 10.3. The molecule has 3 nitrogen and oxygen atoms in total. The van der Waals surface area contributed by atoms with Crippen molar-refractivity contribution in [2.24, 2.45) is 0 Å². The van der Waals surface area contributed by atoms with Crippen molar-refractivity contribution in [2.45, 2.75) is 17.6 Å². The Hall–Kier alpha value is -1.11. The normalized spacial score (nSPS) is 11.5. The average Bonchev–Trinajstić information content (AvgIpc) is 2.82. The third kappa shape index (κ3) is 3.26. The lowest BCUT2D eigenvalue weighted by Crippen LogP contribution is -2.11. The summed E-state index contributed by atoms with van der Waals surface area (Å²) in [4.78, 5) is 0.977. The van der Waals surface area contributed by atoms with Gasteiger partial charge in [0.05, 0.1) is 10.7 Å². The van der Waals surface area contributed by atoms with Crippen LogP contribution in [0.25, 0.3) is 0 Å². The van der Waals surface area contributed by atoms with Crippen molar-refractivity contribution in [1.29, 1.82) is 0 Å². The molecule has 0 fully saturated rings. The Balaban J connectivity index is 2.30. The molecule has 2 aromatic rings. The molecule has 0 aliphatic rings. The molecular formula is C12H11ClFNO2S2. The summed E-state index contributed by atoms with van der Waals surface area (Å²) in [5, 5.41) is 0.0239. The third-order valence-electron chi connectivity index (χ3n) is 2.43. The second-order valence-corrected chi connectivity index (χ2v) is 7.29. The molecule has 102 valence electrons. The molecule has 0 saturated carbocycles. The van der Waals surface area contributed by atoms with Gasteiger partial charge in [0.15, 0.2) is 0 Å². The van der Waals surface area contributed by atoms with Gasteiger partial charge in [-0.05, 0) is 36.8 Å². The molecule has 0 atom stereocenters. The predicted octanol–water partition coefficient (Wildman–Crippen LogP) is 3.90. The van der Waals surface area contributed by atoms with Crippen molar-refractivity contribution >= 4 is 38.6 Å². The van der Waals surface area contributed by atoms with Crippen molar-refractivity contribution in [3.8, 4) is 0 Å². The molecule has 0 spiro atoms. The third-order valence-corrected chi connectivity index (χ3v) is 5.83. The molecule has 0 bridgehead atoms. The fourth-order valence-corrected chi connectivity index (χ4v) is 4.11. The van der Waals surface area contributed by atoms with E-state index in [1.54, 1.807) is 12.1 Å². The van der Waals surface area contributed by atoms with Crippen LogP contribution < -0.4 is 4.72 Å². The fourth-order valence-electron chi connectivity index (χ4n) is 1.46. The topological polar surface area (TPSA) is 46.2 Å². The van der Waals surface area contributed by atoms with Crippen molar-refractivity contribution < 1.29 is 12.8 Å². The molecule has 7 heteroatoms. The highest BCUT2D eigenvalue weighted by Crippen LogP contribution is 2.28. The largest absolute Gasteiger partial charge is 0.277 e. The van der Waals surface area contributed by atoms with Crippen molar-refractivity contribution in [3.63, 3.8) is 0 Å². The number of sulfonamides is 1. The Morgan fingerprint density at radius 2 is 2.05 bits per heavy atom. The lowest BCUT2D eigenvalue weighted by Gasteiger charge is -2.07. The average molecular weight is 320 g/mol. The lowest BCUT2D eigenvalue weighted by molar-refractivity contribution is 0.603. The Kier molecular flexibility index (Phi) is 4.13. The van der Waals surface area contributed by atoms with E-state index < -0.39 is 15.8 Å². The van der Waals surface area contributed by atoms with Gasteiger partial charge in [-0.2, -0.15) is 0 Å². The zero-order valence-corrected chi connectivity index (χ0v) is 12.4. The maximum absolute atomic E-state index is 12.9. The van der Waals surface area contributed by atoms with Crippen LogP contribution in [0.3, 0.4) is 0 Å². The number of rotatable bonds is 4. The zero-order chi connectivity index (χ0) is 14.0. The van der Waals surface area contributed by atoms with Crippen LogP contribution in [-0.2, 0) is 16.4 Å². The van der Waals surface area contributed by atoms with Gasteiger partial charge in [-0.1, -0.05) is 18.5 Å². The number of hydrogen-bond acceptors (Lipinski definition) is 3. The molecule has 0 unspecified atom stereocenters. The van der Waals surface area contributed by atoms with Gasteiger partial charge >= 0.3 is 0 Å². The molecular weight excluding hydrogens is 309 g/mol. The van der Waals surface area contributed by atoms with E-state index in [0.29, 0.717) is 0 Å². The van der Waals surface area contributed by atoms with Crippen LogP contribution in [0.15, 0.2) is 34.5 Å². The van der Waals surface area contributed by atoms with Gasteiger partial charge < -0.3 is 0 Å². The molecule has 1 heterocycles. The van der Waals surface area contributed by atoms with E-state index in [1.165, 1.54) is 17.4 Å². The second-order valence-electron chi connectivity index (χ2n) is 3.80. The molecule has 1 aromatic heterocycles. The van der Waals surface area contributed by atoms with Crippen LogP contribution in [0.4, 0.5) is 10.1 Å². The van der Waals surface area contributed by atoms with E-state index in [9.17, 15) is 12.8 Å². The summed E-state index contributed by atoms with van der Waals surface area (Å²) in [7, 11) is -3.68. The molecule has 19 heavy (non-hydrogen) atoms. The Bertz CT molecular complexity index is 698. The van der Waals surface area contributed by atoms with Gasteiger partial charge in [0.25, 0.3) is 10.0 Å². The molecule has 0 saturated heterocycles. The van der Waals surface area contributed by atoms with Crippen LogP contribution >= 0.6 is 22.9 Å². The van der Waals surface area contributed by atoms with E-state index in [-0.39, 0.29) is 14.9 Å². The molecule has 0 aliphatic carbocycles. The first kappa shape index (κ1) is 14.3. The number of halogens is 2. The van der Waals surface area contributed by atoms with Crippen LogP contribution in [0.2, 0.25) is 5.02 Å². The van der Waals surface area contributed by atoms with E-state index in [1.807, 2.05) is 6.92 Å². The van der Waals surface area contributed by atoms with Crippen LogP contribution in [-0.4, -0.2) is 8.42 Å². The molecule has 0 amide bonds. The summed E-state index contributed by atoms with van der Waals surface area (Å²) >= 11 is 6.99. The maximum Gasteiger partial charge on any atom is 0.271 e. The van der Waals surface area contributed by atoms with E-state index in [0.717, 1.165) is 23.4 Å². The Morgan fingerprint density at radius 3 is 2.63 bits per heavy atom.